The summed E-state index contributed by atoms with van der Waals surface area (Å²) < 4.78 is 0. The molecule has 2 aromatic carbocycles. The van der Waals surface area contributed by atoms with Gasteiger partial charge < -0.3 is 20.8 Å². The van der Waals surface area contributed by atoms with E-state index in [9.17, 15) is 10.2 Å². The van der Waals surface area contributed by atoms with E-state index >= 15 is 0 Å². The molecule has 0 aliphatic heterocycles. The van der Waals surface area contributed by atoms with Crippen molar-refractivity contribution < 1.29 is 10.2 Å². The van der Waals surface area contributed by atoms with Crippen LogP contribution in [0.5, 0.6) is 11.5 Å². The van der Waals surface area contributed by atoms with Gasteiger partial charge in [-0.1, -0.05) is 76.6 Å². The predicted molar refractivity (Wildman–Crippen MR) is 140 cm³/mol. The average molecular weight is 486 g/mol. The zero-order chi connectivity index (χ0) is 21.6. The minimum Gasteiger partial charge on any atom is -0.508 e. The number of hydrogen-bond donors (Lipinski definition) is 4. The highest BCUT2D eigenvalue weighted by molar-refractivity contribution is 5.85. The summed E-state index contributed by atoms with van der Waals surface area (Å²) in [5, 5.41) is 27.1. The van der Waals surface area contributed by atoms with Gasteiger partial charge in [-0.2, -0.15) is 0 Å². The summed E-state index contributed by atoms with van der Waals surface area (Å²) in [5.74, 6) is 0.573. The van der Waals surface area contributed by atoms with Crippen LogP contribution in [-0.4, -0.2) is 23.3 Å². The first-order valence-electron chi connectivity index (χ1n) is 11.7. The van der Waals surface area contributed by atoms with Crippen LogP contribution in [0, 0.1) is 0 Å². The Morgan fingerprint density at radius 2 is 0.906 bits per heavy atom. The van der Waals surface area contributed by atoms with Crippen LogP contribution in [0.25, 0.3) is 0 Å². The Balaban J connectivity index is 0.00000480. The van der Waals surface area contributed by atoms with Gasteiger partial charge in [-0.3, -0.25) is 0 Å². The number of unbranched alkanes of at least 4 members (excludes halogenated alkanes) is 6. The first kappa shape index (κ1) is 30.5. The van der Waals surface area contributed by atoms with Gasteiger partial charge in [0.1, 0.15) is 11.5 Å². The molecule has 0 heterocycles. The van der Waals surface area contributed by atoms with Gasteiger partial charge in [-0.05, 0) is 61.3 Å². The van der Waals surface area contributed by atoms with Gasteiger partial charge in [0.15, 0.2) is 0 Å². The van der Waals surface area contributed by atoms with E-state index in [1.165, 1.54) is 38.5 Å². The van der Waals surface area contributed by atoms with Crippen molar-refractivity contribution in [3.05, 3.63) is 59.7 Å². The fourth-order valence-electron chi connectivity index (χ4n) is 3.84. The monoisotopic (exact) mass is 484 g/mol. The maximum absolute atomic E-state index is 9.76. The second-order valence-electron chi connectivity index (χ2n) is 8.17. The van der Waals surface area contributed by atoms with Gasteiger partial charge in [0.05, 0.1) is 12.1 Å². The van der Waals surface area contributed by atoms with Crippen LogP contribution in [0.3, 0.4) is 0 Å². The third kappa shape index (κ3) is 10.9. The van der Waals surface area contributed by atoms with Crippen molar-refractivity contribution in [3.63, 3.8) is 0 Å². The molecule has 0 aliphatic carbocycles. The van der Waals surface area contributed by atoms with E-state index in [4.69, 9.17) is 0 Å². The van der Waals surface area contributed by atoms with Crippen LogP contribution in [-0.2, 0) is 0 Å². The van der Waals surface area contributed by atoms with Crippen LogP contribution in [0.4, 0.5) is 0 Å². The molecule has 0 fully saturated rings. The zero-order valence-corrected chi connectivity index (χ0v) is 21.2. The second-order valence-corrected chi connectivity index (χ2v) is 8.17. The fourth-order valence-corrected chi connectivity index (χ4v) is 3.84. The molecule has 0 unspecified atom stereocenters. The molecule has 4 N–H and O–H groups in total. The number of aromatic hydroxyl groups is 2. The first-order chi connectivity index (χ1) is 14.7. The number of nitrogens with one attached hydrogen (secondary N) is 2. The number of halogens is 2. The van der Waals surface area contributed by atoms with Crippen molar-refractivity contribution in [2.75, 3.05) is 13.1 Å². The Kier molecular flexibility index (Phi) is 17.2. The summed E-state index contributed by atoms with van der Waals surface area (Å²) in [6, 6.07) is 15.2. The summed E-state index contributed by atoms with van der Waals surface area (Å²) >= 11 is 0. The van der Waals surface area contributed by atoms with Crippen molar-refractivity contribution >= 4 is 24.8 Å². The lowest BCUT2D eigenvalue weighted by atomic mass is 9.92. The van der Waals surface area contributed by atoms with Crippen LogP contribution in [0.15, 0.2) is 48.5 Å². The highest BCUT2D eigenvalue weighted by Crippen LogP contribution is 2.31. The molecule has 0 aromatic heterocycles. The second kappa shape index (κ2) is 18.0. The number of phenolic OH excluding ortho intramolecular Hbond substituents is 2. The quantitative estimate of drug-likeness (QED) is 0.204. The van der Waals surface area contributed by atoms with Crippen molar-refractivity contribution in [1.29, 1.82) is 0 Å². The number of rotatable bonds is 15. The molecule has 0 saturated carbocycles. The lowest BCUT2D eigenvalue weighted by Crippen LogP contribution is -2.36. The zero-order valence-electron chi connectivity index (χ0n) is 19.6. The molecular weight excluding hydrogens is 443 g/mol. The van der Waals surface area contributed by atoms with Crippen molar-refractivity contribution in [1.82, 2.24) is 10.6 Å². The number of phenols is 2. The third-order valence-corrected chi connectivity index (χ3v) is 5.63. The molecule has 182 valence electrons. The largest absolute Gasteiger partial charge is 0.508 e. The van der Waals surface area contributed by atoms with E-state index in [0.717, 1.165) is 37.1 Å². The Morgan fingerprint density at radius 1 is 0.562 bits per heavy atom. The van der Waals surface area contributed by atoms with E-state index in [1.54, 1.807) is 24.3 Å². The smallest absolute Gasteiger partial charge is 0.115 e. The van der Waals surface area contributed by atoms with Crippen molar-refractivity contribution in [2.24, 2.45) is 0 Å². The van der Waals surface area contributed by atoms with E-state index in [0.29, 0.717) is 0 Å². The maximum Gasteiger partial charge on any atom is 0.115 e. The first-order valence-corrected chi connectivity index (χ1v) is 11.7. The molecule has 0 saturated heterocycles. The molecule has 4 nitrogen and oxygen atoms in total. The Labute approximate surface area is 207 Å². The molecule has 0 spiro atoms. The van der Waals surface area contributed by atoms with Gasteiger partial charge in [0.25, 0.3) is 0 Å². The highest BCUT2D eigenvalue weighted by Gasteiger charge is 2.24. The molecule has 2 rings (SSSR count). The van der Waals surface area contributed by atoms with Crippen molar-refractivity contribution in [3.8, 4) is 11.5 Å². The number of benzene rings is 2. The average Bonchev–Trinajstić information content (AvgIpc) is 2.76. The van der Waals surface area contributed by atoms with Crippen LogP contribution >= 0.6 is 24.8 Å². The Hall–Kier alpha value is -1.46. The summed E-state index contributed by atoms with van der Waals surface area (Å²) in [5.41, 5.74) is 2.31. The topological polar surface area (TPSA) is 64.5 Å². The van der Waals surface area contributed by atoms with E-state index in [2.05, 4.69) is 24.5 Å². The molecule has 0 amide bonds. The van der Waals surface area contributed by atoms with Crippen LogP contribution in [0.1, 0.15) is 88.4 Å². The van der Waals surface area contributed by atoms with Crippen molar-refractivity contribution in [2.45, 2.75) is 77.3 Å². The predicted octanol–water partition coefficient (Wildman–Crippen LogP) is 7.06. The molecule has 2 aromatic rings. The fraction of sp³-hybridized carbons (Fsp3) is 0.538. The van der Waals surface area contributed by atoms with E-state index in [1.807, 2.05) is 24.3 Å². The lowest BCUT2D eigenvalue weighted by molar-refractivity contribution is 0.375. The maximum atomic E-state index is 9.76. The molecule has 0 radical (unpaired) electrons. The number of hydrogen-bond acceptors (Lipinski definition) is 4. The lowest BCUT2D eigenvalue weighted by Gasteiger charge is -2.30. The highest BCUT2D eigenvalue weighted by atomic mass is 35.5. The molecule has 0 aliphatic rings. The third-order valence-electron chi connectivity index (χ3n) is 5.63. The van der Waals surface area contributed by atoms with Crippen LogP contribution in [0.2, 0.25) is 0 Å². The molecule has 2 atom stereocenters. The molecule has 32 heavy (non-hydrogen) atoms. The normalized spacial score (nSPS) is 12.4. The van der Waals surface area contributed by atoms with Gasteiger partial charge in [0.2, 0.25) is 0 Å². The molecule has 6 heteroatoms. The van der Waals surface area contributed by atoms with Gasteiger partial charge in [-0.15, -0.1) is 24.8 Å². The summed E-state index contributed by atoms with van der Waals surface area (Å²) in [6.07, 6.45) is 9.78. The summed E-state index contributed by atoms with van der Waals surface area (Å²) in [7, 11) is 0. The SMILES string of the molecule is CCCCCCN[C@H](c1ccc(O)cc1)[C@H](NCCCCCC)c1ccc(O)cc1.Cl.Cl. The van der Waals surface area contributed by atoms with Gasteiger partial charge in [-0.25, -0.2) is 0 Å². The van der Waals surface area contributed by atoms with Crippen LogP contribution < -0.4 is 10.6 Å². The van der Waals surface area contributed by atoms with E-state index < -0.39 is 0 Å². The Bertz CT molecular complexity index is 634. The molecule has 0 bridgehead atoms. The Morgan fingerprint density at radius 3 is 1.22 bits per heavy atom. The van der Waals surface area contributed by atoms with Gasteiger partial charge >= 0.3 is 0 Å². The van der Waals surface area contributed by atoms with Gasteiger partial charge in [0, 0.05) is 0 Å². The standard InChI is InChI=1S/C26H40N2O2.2ClH/c1-3-5-7-9-19-27-25(21-11-15-23(29)16-12-21)26(28-20-10-8-6-4-2)22-13-17-24(30)18-14-22;;/h11-18,25-30H,3-10,19-20H2,1-2H3;2*1H/t25-,26-;;/m1../s1. The molecular formula is C26H42Cl2N2O2. The minimum absolute atomic E-state index is 0. The van der Waals surface area contributed by atoms with E-state index in [-0.39, 0.29) is 48.4 Å². The minimum atomic E-state index is 0. The summed E-state index contributed by atoms with van der Waals surface area (Å²) in [4.78, 5) is 0. The summed E-state index contributed by atoms with van der Waals surface area (Å²) in [6.45, 7) is 6.38.